The first-order valence-electron chi connectivity index (χ1n) is 7.83. The van der Waals surface area contributed by atoms with Crippen molar-refractivity contribution < 1.29 is 9.21 Å². The number of nitrogens with one attached hydrogen (secondary N) is 1. The Morgan fingerprint density at radius 2 is 2.00 bits per heavy atom. The second-order valence-electron chi connectivity index (χ2n) is 5.62. The molecule has 0 bridgehead atoms. The first kappa shape index (κ1) is 16.2. The fourth-order valence-corrected chi connectivity index (χ4v) is 3.25. The quantitative estimate of drug-likeness (QED) is 0.597. The van der Waals surface area contributed by atoms with Crippen LogP contribution in [0.4, 0.5) is 5.13 Å². The van der Waals surface area contributed by atoms with Crippen LogP contribution in [0.25, 0.3) is 22.3 Å². The summed E-state index contributed by atoms with van der Waals surface area (Å²) in [5.74, 6) is 0.00946. The van der Waals surface area contributed by atoms with Crippen molar-refractivity contribution in [2.75, 3.05) is 5.32 Å². The number of para-hydroxylation sites is 1. The predicted molar refractivity (Wildman–Crippen MR) is 101 cm³/mol. The molecular weight excluding hydrogens is 350 g/mol. The third-order valence-electron chi connectivity index (χ3n) is 3.81. The first-order valence-corrected chi connectivity index (χ1v) is 8.64. The Labute approximate surface area is 152 Å². The SMILES string of the molecule is Cc1cnc(NC(=O)c2cccc3c(=O)cc(-c4ccncc4)oc23)s1. The Balaban J connectivity index is 1.83. The molecule has 0 fully saturated rings. The molecule has 0 spiro atoms. The molecule has 0 atom stereocenters. The third kappa shape index (κ3) is 3.00. The molecule has 1 N–H and O–H groups in total. The number of aryl methyl sites for hydroxylation is 1. The van der Waals surface area contributed by atoms with E-state index in [0.29, 0.717) is 21.8 Å². The normalized spacial score (nSPS) is 10.8. The number of aromatic nitrogens is 2. The monoisotopic (exact) mass is 363 g/mol. The molecule has 4 aromatic rings. The van der Waals surface area contributed by atoms with Crippen LogP contribution in [0.15, 0.2) is 64.2 Å². The van der Waals surface area contributed by atoms with Crippen molar-refractivity contribution in [2.45, 2.75) is 6.92 Å². The minimum Gasteiger partial charge on any atom is -0.455 e. The molecule has 0 aliphatic heterocycles. The summed E-state index contributed by atoms with van der Waals surface area (Å²) in [7, 11) is 0. The molecular formula is C19H13N3O3S. The van der Waals surface area contributed by atoms with E-state index in [1.165, 1.54) is 17.4 Å². The van der Waals surface area contributed by atoms with Crippen LogP contribution in [-0.4, -0.2) is 15.9 Å². The molecule has 1 amide bonds. The van der Waals surface area contributed by atoms with Gasteiger partial charge in [-0.25, -0.2) is 4.98 Å². The molecule has 3 heterocycles. The second kappa shape index (κ2) is 6.53. The molecule has 0 saturated carbocycles. The lowest BCUT2D eigenvalue weighted by molar-refractivity contribution is 0.102. The van der Waals surface area contributed by atoms with Crippen molar-refractivity contribution in [3.8, 4) is 11.3 Å². The van der Waals surface area contributed by atoms with Crippen molar-refractivity contribution in [1.82, 2.24) is 9.97 Å². The van der Waals surface area contributed by atoms with Crippen LogP contribution in [0.2, 0.25) is 0 Å². The number of hydrogen-bond acceptors (Lipinski definition) is 6. The van der Waals surface area contributed by atoms with Crippen molar-refractivity contribution >= 4 is 33.3 Å². The molecule has 0 saturated heterocycles. The van der Waals surface area contributed by atoms with E-state index in [9.17, 15) is 9.59 Å². The number of anilines is 1. The van der Waals surface area contributed by atoms with Gasteiger partial charge in [0, 0.05) is 35.1 Å². The molecule has 0 unspecified atom stereocenters. The van der Waals surface area contributed by atoms with Crippen LogP contribution in [0.1, 0.15) is 15.2 Å². The third-order valence-corrected chi connectivity index (χ3v) is 4.63. The molecule has 1 aromatic carbocycles. The summed E-state index contributed by atoms with van der Waals surface area (Å²) in [5.41, 5.74) is 1.03. The van der Waals surface area contributed by atoms with Crippen LogP contribution in [0.5, 0.6) is 0 Å². The van der Waals surface area contributed by atoms with Gasteiger partial charge in [0.15, 0.2) is 16.1 Å². The summed E-state index contributed by atoms with van der Waals surface area (Å²) < 4.78 is 5.92. The summed E-state index contributed by atoms with van der Waals surface area (Å²) in [6.07, 6.45) is 4.91. The Morgan fingerprint density at radius 3 is 2.73 bits per heavy atom. The molecule has 4 rings (SSSR count). The largest absolute Gasteiger partial charge is 0.455 e. The zero-order chi connectivity index (χ0) is 18.1. The predicted octanol–water partition coefficient (Wildman–Crippen LogP) is 3.87. The van der Waals surface area contributed by atoms with Gasteiger partial charge in [0.25, 0.3) is 5.91 Å². The van der Waals surface area contributed by atoms with E-state index in [4.69, 9.17) is 4.42 Å². The topological polar surface area (TPSA) is 85.1 Å². The highest BCUT2D eigenvalue weighted by atomic mass is 32.1. The van der Waals surface area contributed by atoms with Crippen molar-refractivity contribution in [1.29, 1.82) is 0 Å². The van der Waals surface area contributed by atoms with Crippen LogP contribution in [-0.2, 0) is 0 Å². The summed E-state index contributed by atoms with van der Waals surface area (Å²) in [4.78, 5) is 34.3. The molecule has 0 radical (unpaired) electrons. The maximum Gasteiger partial charge on any atom is 0.261 e. The lowest BCUT2D eigenvalue weighted by atomic mass is 10.1. The van der Waals surface area contributed by atoms with E-state index >= 15 is 0 Å². The van der Waals surface area contributed by atoms with Crippen molar-refractivity contribution in [3.05, 3.63) is 75.7 Å². The number of hydrogen-bond donors (Lipinski definition) is 1. The van der Waals surface area contributed by atoms with Gasteiger partial charge >= 0.3 is 0 Å². The highest BCUT2D eigenvalue weighted by Crippen LogP contribution is 2.25. The van der Waals surface area contributed by atoms with Crippen LogP contribution >= 0.6 is 11.3 Å². The molecule has 0 aliphatic rings. The number of amides is 1. The minimum absolute atomic E-state index is 0.210. The van der Waals surface area contributed by atoms with Gasteiger partial charge in [-0.1, -0.05) is 6.07 Å². The summed E-state index contributed by atoms with van der Waals surface area (Å²) >= 11 is 1.38. The minimum atomic E-state index is -0.375. The van der Waals surface area contributed by atoms with Gasteiger partial charge in [-0.3, -0.25) is 19.9 Å². The lowest BCUT2D eigenvalue weighted by Crippen LogP contribution is -2.13. The number of rotatable bonds is 3. The number of carbonyl (C=O) groups is 1. The van der Waals surface area contributed by atoms with Gasteiger partial charge in [0.2, 0.25) is 0 Å². The zero-order valence-electron chi connectivity index (χ0n) is 13.7. The Morgan fingerprint density at radius 1 is 1.19 bits per heavy atom. The number of nitrogens with zero attached hydrogens (tertiary/aromatic N) is 2. The summed E-state index contributed by atoms with van der Waals surface area (Å²) in [6.45, 7) is 1.91. The highest BCUT2D eigenvalue weighted by molar-refractivity contribution is 7.15. The summed E-state index contributed by atoms with van der Waals surface area (Å²) in [6, 6.07) is 9.83. The molecule has 26 heavy (non-hydrogen) atoms. The maximum atomic E-state index is 12.7. The van der Waals surface area contributed by atoms with Crippen molar-refractivity contribution in [3.63, 3.8) is 0 Å². The smallest absolute Gasteiger partial charge is 0.261 e. The fourth-order valence-electron chi connectivity index (χ4n) is 2.59. The molecule has 7 heteroatoms. The van der Waals surface area contributed by atoms with Gasteiger partial charge in [0.05, 0.1) is 10.9 Å². The molecule has 6 nitrogen and oxygen atoms in total. The number of benzene rings is 1. The average molecular weight is 363 g/mol. The van der Waals surface area contributed by atoms with E-state index in [2.05, 4.69) is 15.3 Å². The second-order valence-corrected chi connectivity index (χ2v) is 6.86. The standard InChI is InChI=1S/C19H13N3O3S/c1-11-10-21-19(26-11)22-18(24)14-4-2-3-13-15(23)9-16(25-17(13)14)12-5-7-20-8-6-12/h2-10H,1H3,(H,21,22,24). The number of thiazole rings is 1. The van der Waals surface area contributed by atoms with E-state index in [1.54, 1.807) is 48.9 Å². The molecule has 0 aliphatic carbocycles. The van der Waals surface area contributed by atoms with E-state index in [0.717, 1.165) is 4.88 Å². The van der Waals surface area contributed by atoms with Gasteiger partial charge in [-0.15, -0.1) is 11.3 Å². The van der Waals surface area contributed by atoms with E-state index in [-0.39, 0.29) is 22.5 Å². The lowest BCUT2D eigenvalue weighted by Gasteiger charge is -2.07. The first-order chi connectivity index (χ1) is 12.6. The Bertz CT molecular complexity index is 1170. The Kier molecular flexibility index (Phi) is 4.06. The van der Waals surface area contributed by atoms with Crippen LogP contribution < -0.4 is 10.7 Å². The van der Waals surface area contributed by atoms with Gasteiger partial charge in [-0.05, 0) is 31.2 Å². The molecule has 128 valence electrons. The Hall–Kier alpha value is -3.32. The fraction of sp³-hybridized carbons (Fsp3) is 0.0526. The highest BCUT2D eigenvalue weighted by Gasteiger charge is 2.16. The number of carbonyl (C=O) groups excluding carboxylic acids is 1. The molecule has 3 aromatic heterocycles. The average Bonchev–Trinajstić information content (AvgIpc) is 3.06. The van der Waals surface area contributed by atoms with Crippen LogP contribution in [0.3, 0.4) is 0 Å². The van der Waals surface area contributed by atoms with E-state index < -0.39 is 0 Å². The number of fused-ring (bicyclic) bond motifs is 1. The van der Waals surface area contributed by atoms with Gasteiger partial charge in [-0.2, -0.15) is 0 Å². The van der Waals surface area contributed by atoms with Gasteiger partial charge in [0.1, 0.15) is 5.76 Å². The van der Waals surface area contributed by atoms with Crippen LogP contribution in [0, 0.1) is 6.92 Å². The van der Waals surface area contributed by atoms with Crippen molar-refractivity contribution in [2.24, 2.45) is 0 Å². The summed E-state index contributed by atoms with van der Waals surface area (Å²) in [5, 5.41) is 3.60. The van der Waals surface area contributed by atoms with E-state index in [1.807, 2.05) is 6.92 Å². The number of pyridine rings is 1. The zero-order valence-corrected chi connectivity index (χ0v) is 14.5. The maximum absolute atomic E-state index is 12.7. The van der Waals surface area contributed by atoms with Gasteiger partial charge < -0.3 is 4.42 Å².